The monoisotopic (exact) mass is 293 g/mol. The van der Waals surface area contributed by atoms with E-state index >= 15 is 0 Å². The highest BCUT2D eigenvalue weighted by molar-refractivity contribution is 7.99. The molecule has 102 valence electrons. The van der Waals surface area contributed by atoms with Crippen LogP contribution in [0.5, 0.6) is 0 Å². The molecule has 0 bridgehead atoms. The number of rotatable bonds is 3. The van der Waals surface area contributed by atoms with Gasteiger partial charge in [-0.25, -0.2) is 0 Å². The van der Waals surface area contributed by atoms with Gasteiger partial charge in [-0.2, -0.15) is 5.21 Å². The molecule has 2 heterocycles. The summed E-state index contributed by atoms with van der Waals surface area (Å²) in [5.41, 5.74) is 3.31. The normalized spacial score (nSPS) is 11.0. The lowest BCUT2D eigenvalue weighted by molar-refractivity contribution is 0.881. The minimum Gasteiger partial charge on any atom is -0.354 e. The molecule has 0 unspecified atom stereocenters. The van der Waals surface area contributed by atoms with Crippen LogP contribution in [0.4, 0.5) is 0 Å². The number of hydrogen-bond donors (Lipinski definition) is 2. The Hall–Kier alpha value is -2.60. The van der Waals surface area contributed by atoms with E-state index in [1.54, 1.807) is 0 Å². The van der Waals surface area contributed by atoms with Crippen LogP contribution in [0.3, 0.4) is 0 Å². The molecular weight excluding hydrogens is 282 g/mol. The second-order valence-corrected chi connectivity index (χ2v) is 5.51. The van der Waals surface area contributed by atoms with Gasteiger partial charge < -0.3 is 4.98 Å². The second kappa shape index (κ2) is 5.06. The third-order valence-corrected chi connectivity index (χ3v) is 4.22. The molecule has 2 N–H and O–H groups in total. The molecule has 0 aliphatic rings. The van der Waals surface area contributed by atoms with E-state index < -0.39 is 0 Å². The maximum atomic E-state index is 4.03. The largest absolute Gasteiger partial charge is 0.354 e. The third kappa shape index (κ3) is 2.19. The van der Waals surface area contributed by atoms with Gasteiger partial charge in [-0.1, -0.05) is 48.5 Å². The molecule has 2 aromatic heterocycles. The number of nitrogens with zero attached hydrogens (tertiary/aromatic N) is 3. The van der Waals surface area contributed by atoms with Crippen molar-refractivity contribution in [3.05, 3.63) is 54.6 Å². The van der Waals surface area contributed by atoms with Crippen LogP contribution in [0, 0.1) is 0 Å². The van der Waals surface area contributed by atoms with Crippen LogP contribution < -0.4 is 0 Å². The van der Waals surface area contributed by atoms with E-state index in [-0.39, 0.29) is 0 Å². The average molecular weight is 293 g/mol. The third-order valence-electron chi connectivity index (χ3n) is 3.24. The predicted octanol–water partition coefficient (Wildman–Crippen LogP) is 3.50. The lowest BCUT2D eigenvalue weighted by Gasteiger charge is -2.02. The number of nitrogens with one attached hydrogen (secondary N) is 2. The van der Waals surface area contributed by atoms with Gasteiger partial charge in [0.1, 0.15) is 0 Å². The average Bonchev–Trinajstić information content (AvgIpc) is 3.17. The van der Waals surface area contributed by atoms with Crippen molar-refractivity contribution in [2.45, 2.75) is 10.1 Å². The van der Waals surface area contributed by atoms with Crippen LogP contribution in [0.25, 0.3) is 22.2 Å². The summed E-state index contributed by atoms with van der Waals surface area (Å²) < 4.78 is 0. The predicted molar refractivity (Wildman–Crippen MR) is 82.0 cm³/mol. The molecule has 0 amide bonds. The van der Waals surface area contributed by atoms with E-state index in [0.717, 1.165) is 27.1 Å². The number of aromatic nitrogens is 5. The lowest BCUT2D eigenvalue weighted by Crippen LogP contribution is -1.81. The molecule has 4 rings (SSSR count). The molecule has 0 saturated heterocycles. The first-order valence-electron chi connectivity index (χ1n) is 6.49. The standard InChI is InChI=1S/C15H11N5S/c1-2-6-10(7-3-1)13-14(21-15-17-19-20-18-15)11-8-4-5-9-12(11)16-13/h1-9,16H,(H,17,18,19,20). The van der Waals surface area contributed by atoms with Gasteiger partial charge in [0.2, 0.25) is 5.16 Å². The van der Waals surface area contributed by atoms with Gasteiger partial charge >= 0.3 is 0 Å². The first-order valence-corrected chi connectivity index (χ1v) is 7.31. The Morgan fingerprint density at radius 3 is 2.52 bits per heavy atom. The number of para-hydroxylation sites is 1. The van der Waals surface area contributed by atoms with Crippen LogP contribution >= 0.6 is 11.8 Å². The molecule has 0 saturated carbocycles. The molecule has 21 heavy (non-hydrogen) atoms. The summed E-state index contributed by atoms with van der Waals surface area (Å²) in [7, 11) is 0. The smallest absolute Gasteiger partial charge is 0.235 e. The summed E-state index contributed by atoms with van der Waals surface area (Å²) in [6.07, 6.45) is 0. The van der Waals surface area contributed by atoms with Gasteiger partial charge in [0.25, 0.3) is 0 Å². The van der Waals surface area contributed by atoms with Crippen LogP contribution in [0.2, 0.25) is 0 Å². The fraction of sp³-hybridized carbons (Fsp3) is 0. The van der Waals surface area contributed by atoms with Crippen molar-refractivity contribution in [3.63, 3.8) is 0 Å². The second-order valence-electron chi connectivity index (χ2n) is 4.54. The maximum Gasteiger partial charge on any atom is 0.235 e. The summed E-state index contributed by atoms with van der Waals surface area (Å²) in [5, 5.41) is 15.9. The SMILES string of the molecule is c1ccc(-c2[nH]c3ccccc3c2Sc2nn[nH]n2)cc1. The van der Waals surface area contributed by atoms with E-state index in [1.165, 1.54) is 11.8 Å². The first kappa shape index (κ1) is 12.2. The van der Waals surface area contributed by atoms with E-state index in [4.69, 9.17) is 0 Å². The van der Waals surface area contributed by atoms with E-state index in [0.29, 0.717) is 5.16 Å². The number of aromatic amines is 2. The minimum atomic E-state index is 0.608. The van der Waals surface area contributed by atoms with Gasteiger partial charge in [-0.3, -0.25) is 0 Å². The highest BCUT2D eigenvalue weighted by atomic mass is 32.2. The zero-order valence-corrected chi connectivity index (χ0v) is 11.8. The Balaban J connectivity index is 1.93. The van der Waals surface area contributed by atoms with Gasteiger partial charge in [0, 0.05) is 15.8 Å². The summed E-state index contributed by atoms with van der Waals surface area (Å²) in [5.74, 6) is 0. The number of hydrogen-bond acceptors (Lipinski definition) is 4. The highest BCUT2D eigenvalue weighted by Crippen LogP contribution is 2.39. The summed E-state index contributed by atoms with van der Waals surface area (Å²) in [4.78, 5) is 4.60. The molecule has 2 aromatic carbocycles. The van der Waals surface area contributed by atoms with E-state index in [9.17, 15) is 0 Å². The molecule has 0 aliphatic heterocycles. The van der Waals surface area contributed by atoms with Gasteiger partial charge in [0.05, 0.1) is 5.69 Å². The fourth-order valence-electron chi connectivity index (χ4n) is 2.32. The fourth-order valence-corrected chi connectivity index (χ4v) is 3.23. The van der Waals surface area contributed by atoms with Crippen molar-refractivity contribution in [3.8, 4) is 11.3 Å². The number of tetrazole rings is 1. The van der Waals surface area contributed by atoms with Crippen molar-refractivity contribution in [2.75, 3.05) is 0 Å². The molecule has 5 nitrogen and oxygen atoms in total. The molecule has 6 heteroatoms. The first-order chi connectivity index (χ1) is 10.4. The van der Waals surface area contributed by atoms with Crippen LogP contribution in [-0.4, -0.2) is 25.6 Å². The van der Waals surface area contributed by atoms with E-state index in [2.05, 4.69) is 49.9 Å². The molecular formula is C15H11N5S. The van der Waals surface area contributed by atoms with Crippen LogP contribution in [-0.2, 0) is 0 Å². The van der Waals surface area contributed by atoms with Crippen LogP contribution in [0.15, 0.2) is 64.6 Å². The summed E-state index contributed by atoms with van der Waals surface area (Å²) in [6.45, 7) is 0. The zero-order chi connectivity index (χ0) is 14.1. The van der Waals surface area contributed by atoms with Gasteiger partial charge in [0.15, 0.2) is 0 Å². The van der Waals surface area contributed by atoms with Crippen molar-refractivity contribution < 1.29 is 0 Å². The van der Waals surface area contributed by atoms with Crippen molar-refractivity contribution in [2.24, 2.45) is 0 Å². The Morgan fingerprint density at radius 1 is 0.905 bits per heavy atom. The Morgan fingerprint density at radius 2 is 1.71 bits per heavy atom. The van der Waals surface area contributed by atoms with Gasteiger partial charge in [-0.15, -0.1) is 10.2 Å². The molecule has 0 radical (unpaired) electrons. The van der Waals surface area contributed by atoms with Gasteiger partial charge in [-0.05, 0) is 28.6 Å². The minimum absolute atomic E-state index is 0.608. The Kier molecular flexibility index (Phi) is 2.93. The van der Waals surface area contributed by atoms with E-state index in [1.807, 2.05) is 30.3 Å². The number of fused-ring (bicyclic) bond motifs is 1. The molecule has 0 spiro atoms. The molecule has 0 fully saturated rings. The van der Waals surface area contributed by atoms with Crippen molar-refractivity contribution >= 4 is 22.7 Å². The topological polar surface area (TPSA) is 70.2 Å². The maximum absolute atomic E-state index is 4.03. The van der Waals surface area contributed by atoms with Crippen LogP contribution in [0.1, 0.15) is 0 Å². The summed E-state index contributed by atoms with van der Waals surface area (Å²) in [6, 6.07) is 18.5. The van der Waals surface area contributed by atoms with Crippen molar-refractivity contribution in [1.29, 1.82) is 0 Å². The number of benzene rings is 2. The summed E-state index contributed by atoms with van der Waals surface area (Å²) >= 11 is 1.50. The molecule has 0 aliphatic carbocycles. The molecule has 4 aromatic rings. The zero-order valence-electron chi connectivity index (χ0n) is 10.9. The lowest BCUT2D eigenvalue weighted by atomic mass is 10.1. The Bertz CT molecular complexity index is 868. The quantitative estimate of drug-likeness (QED) is 0.606. The number of H-pyrrole nitrogens is 2. The van der Waals surface area contributed by atoms with Crippen molar-refractivity contribution in [1.82, 2.24) is 25.6 Å². The molecule has 0 atom stereocenters. The highest BCUT2D eigenvalue weighted by Gasteiger charge is 2.15. The Labute approximate surface area is 124 Å².